The predicted molar refractivity (Wildman–Crippen MR) is 77.0 cm³/mol. The first-order valence-corrected chi connectivity index (χ1v) is 6.90. The summed E-state index contributed by atoms with van der Waals surface area (Å²) < 4.78 is 0. The van der Waals surface area contributed by atoms with Gasteiger partial charge in [-0.15, -0.1) is 11.3 Å². The Morgan fingerprint density at radius 2 is 2.16 bits per heavy atom. The molecule has 0 aliphatic heterocycles. The molecule has 5 heteroatoms. The van der Waals surface area contributed by atoms with E-state index in [9.17, 15) is 9.90 Å². The highest BCUT2D eigenvalue weighted by molar-refractivity contribution is 7.15. The first-order valence-electron chi connectivity index (χ1n) is 6.08. The molecule has 4 nitrogen and oxygen atoms in total. The molecule has 0 atom stereocenters. The molecule has 2 aromatic rings. The number of aryl methyl sites for hydroxylation is 3. The van der Waals surface area contributed by atoms with Crippen molar-refractivity contribution in [1.82, 2.24) is 4.98 Å². The van der Waals surface area contributed by atoms with Gasteiger partial charge in [-0.3, -0.25) is 10.1 Å². The van der Waals surface area contributed by atoms with Crippen LogP contribution in [0.1, 0.15) is 33.4 Å². The average molecular weight is 276 g/mol. The van der Waals surface area contributed by atoms with Gasteiger partial charge in [0.1, 0.15) is 5.75 Å². The molecule has 1 amide bonds. The van der Waals surface area contributed by atoms with E-state index in [-0.39, 0.29) is 17.2 Å². The SMILES string of the molecule is CCc1nc(NC(=O)c2cc(C)ccc2O)sc1C. The maximum absolute atomic E-state index is 12.1. The second kappa shape index (κ2) is 5.40. The number of hydrogen-bond acceptors (Lipinski definition) is 4. The van der Waals surface area contributed by atoms with E-state index in [0.29, 0.717) is 5.13 Å². The summed E-state index contributed by atoms with van der Waals surface area (Å²) >= 11 is 1.45. The summed E-state index contributed by atoms with van der Waals surface area (Å²) in [6.45, 7) is 5.88. The van der Waals surface area contributed by atoms with Gasteiger partial charge in [0.15, 0.2) is 5.13 Å². The number of amides is 1. The fourth-order valence-electron chi connectivity index (χ4n) is 1.81. The predicted octanol–water partition coefficient (Wildman–Crippen LogP) is 3.28. The molecule has 0 unspecified atom stereocenters. The molecular weight excluding hydrogens is 260 g/mol. The Morgan fingerprint density at radius 1 is 1.42 bits per heavy atom. The smallest absolute Gasteiger partial charge is 0.261 e. The number of thiazole rings is 1. The van der Waals surface area contributed by atoms with Crippen LogP contribution < -0.4 is 5.32 Å². The molecule has 0 saturated heterocycles. The summed E-state index contributed by atoms with van der Waals surface area (Å²) in [5.74, 6) is -0.357. The van der Waals surface area contributed by atoms with E-state index in [1.165, 1.54) is 17.4 Å². The molecule has 0 radical (unpaired) electrons. The van der Waals surface area contributed by atoms with E-state index in [2.05, 4.69) is 10.3 Å². The molecule has 0 saturated carbocycles. The van der Waals surface area contributed by atoms with E-state index in [4.69, 9.17) is 0 Å². The molecule has 1 aromatic carbocycles. The lowest BCUT2D eigenvalue weighted by molar-refractivity contribution is 0.102. The monoisotopic (exact) mass is 276 g/mol. The first kappa shape index (κ1) is 13.5. The van der Waals surface area contributed by atoms with Gasteiger partial charge >= 0.3 is 0 Å². The van der Waals surface area contributed by atoms with Crippen molar-refractivity contribution in [3.8, 4) is 5.75 Å². The van der Waals surface area contributed by atoms with Crippen molar-refractivity contribution >= 4 is 22.4 Å². The highest BCUT2D eigenvalue weighted by Crippen LogP contribution is 2.24. The molecule has 0 aliphatic rings. The zero-order chi connectivity index (χ0) is 14.0. The minimum Gasteiger partial charge on any atom is -0.507 e. The molecule has 1 heterocycles. The number of carbonyl (C=O) groups excluding carboxylic acids is 1. The lowest BCUT2D eigenvalue weighted by atomic mass is 10.1. The number of nitrogens with zero attached hydrogens (tertiary/aromatic N) is 1. The third-order valence-corrected chi connectivity index (χ3v) is 3.77. The van der Waals surface area contributed by atoms with Crippen LogP contribution in [0.15, 0.2) is 18.2 Å². The quantitative estimate of drug-likeness (QED) is 0.904. The third kappa shape index (κ3) is 2.93. The van der Waals surface area contributed by atoms with Crippen molar-refractivity contribution in [2.75, 3.05) is 5.32 Å². The number of hydrogen-bond donors (Lipinski definition) is 2. The number of benzene rings is 1. The minimum absolute atomic E-state index is 0.0212. The van der Waals surface area contributed by atoms with Gasteiger partial charge in [-0.25, -0.2) is 4.98 Å². The molecule has 0 aliphatic carbocycles. The van der Waals surface area contributed by atoms with Gasteiger partial charge in [0.05, 0.1) is 11.3 Å². The maximum Gasteiger partial charge on any atom is 0.261 e. The van der Waals surface area contributed by atoms with Gasteiger partial charge in [0.2, 0.25) is 0 Å². The Hall–Kier alpha value is -1.88. The van der Waals surface area contributed by atoms with E-state index >= 15 is 0 Å². The Bertz CT molecular complexity index is 620. The summed E-state index contributed by atoms with van der Waals surface area (Å²) in [7, 11) is 0. The van der Waals surface area contributed by atoms with Crippen molar-refractivity contribution in [2.24, 2.45) is 0 Å². The fraction of sp³-hybridized carbons (Fsp3) is 0.286. The number of aromatic hydroxyl groups is 1. The van der Waals surface area contributed by atoms with E-state index in [1.807, 2.05) is 20.8 Å². The van der Waals surface area contributed by atoms with Gasteiger partial charge in [-0.2, -0.15) is 0 Å². The molecule has 0 fully saturated rings. The number of nitrogens with one attached hydrogen (secondary N) is 1. The summed E-state index contributed by atoms with van der Waals surface area (Å²) in [5, 5.41) is 13.0. The second-order valence-corrected chi connectivity index (χ2v) is 5.55. The number of phenolic OH excluding ortho intramolecular Hbond substituents is 1. The largest absolute Gasteiger partial charge is 0.507 e. The molecular formula is C14H16N2O2S. The zero-order valence-corrected chi connectivity index (χ0v) is 12.0. The molecule has 1 aromatic heterocycles. The lowest BCUT2D eigenvalue weighted by Gasteiger charge is -2.05. The molecule has 100 valence electrons. The summed E-state index contributed by atoms with van der Waals surface area (Å²) in [5.41, 5.74) is 2.19. The molecule has 2 rings (SSSR count). The van der Waals surface area contributed by atoms with Crippen LogP contribution in [0.25, 0.3) is 0 Å². The fourth-order valence-corrected chi connectivity index (χ4v) is 2.70. The summed E-state index contributed by atoms with van der Waals surface area (Å²) in [6, 6.07) is 4.94. The standard InChI is InChI=1S/C14H16N2O2S/c1-4-11-9(3)19-14(15-11)16-13(18)10-7-8(2)5-6-12(10)17/h5-7,17H,4H2,1-3H3,(H,15,16,18). The van der Waals surface area contributed by atoms with Crippen LogP contribution in [0.4, 0.5) is 5.13 Å². The van der Waals surface area contributed by atoms with Crippen molar-refractivity contribution in [1.29, 1.82) is 0 Å². The van der Waals surface area contributed by atoms with E-state index < -0.39 is 0 Å². The highest BCUT2D eigenvalue weighted by Gasteiger charge is 2.14. The Labute approximate surface area is 116 Å². The van der Waals surface area contributed by atoms with Crippen LogP contribution in [-0.4, -0.2) is 16.0 Å². The van der Waals surface area contributed by atoms with Crippen molar-refractivity contribution < 1.29 is 9.90 Å². The van der Waals surface area contributed by atoms with E-state index in [0.717, 1.165) is 22.6 Å². The summed E-state index contributed by atoms with van der Waals surface area (Å²) in [4.78, 5) is 17.5. The van der Waals surface area contributed by atoms with Crippen molar-refractivity contribution in [2.45, 2.75) is 27.2 Å². The Balaban J connectivity index is 2.22. The van der Waals surface area contributed by atoms with Crippen LogP contribution in [0.5, 0.6) is 5.75 Å². The second-order valence-electron chi connectivity index (χ2n) is 4.35. The van der Waals surface area contributed by atoms with Gasteiger partial charge < -0.3 is 5.11 Å². The number of anilines is 1. The van der Waals surface area contributed by atoms with Crippen molar-refractivity contribution in [3.63, 3.8) is 0 Å². The number of aromatic nitrogens is 1. The lowest BCUT2D eigenvalue weighted by Crippen LogP contribution is -2.12. The first-order chi connectivity index (χ1) is 9.01. The molecule has 0 spiro atoms. The highest BCUT2D eigenvalue weighted by atomic mass is 32.1. The number of phenols is 1. The number of rotatable bonds is 3. The zero-order valence-electron chi connectivity index (χ0n) is 11.2. The van der Waals surface area contributed by atoms with Crippen LogP contribution in [0.2, 0.25) is 0 Å². The van der Waals surface area contributed by atoms with Crippen LogP contribution in [0, 0.1) is 13.8 Å². The average Bonchev–Trinajstić information content (AvgIpc) is 2.72. The Morgan fingerprint density at radius 3 is 2.79 bits per heavy atom. The topological polar surface area (TPSA) is 62.2 Å². The molecule has 0 bridgehead atoms. The molecule has 19 heavy (non-hydrogen) atoms. The summed E-state index contributed by atoms with van der Waals surface area (Å²) in [6.07, 6.45) is 0.841. The Kier molecular flexibility index (Phi) is 3.85. The van der Waals surface area contributed by atoms with Crippen LogP contribution >= 0.6 is 11.3 Å². The van der Waals surface area contributed by atoms with Gasteiger partial charge in [-0.05, 0) is 32.4 Å². The normalized spacial score (nSPS) is 10.5. The van der Waals surface area contributed by atoms with E-state index in [1.54, 1.807) is 12.1 Å². The number of carbonyl (C=O) groups is 1. The third-order valence-electron chi connectivity index (χ3n) is 2.84. The van der Waals surface area contributed by atoms with Gasteiger partial charge in [0, 0.05) is 4.88 Å². The van der Waals surface area contributed by atoms with Crippen LogP contribution in [0.3, 0.4) is 0 Å². The van der Waals surface area contributed by atoms with Crippen LogP contribution in [-0.2, 0) is 6.42 Å². The van der Waals surface area contributed by atoms with Gasteiger partial charge in [0.25, 0.3) is 5.91 Å². The minimum atomic E-state index is -0.336. The maximum atomic E-state index is 12.1. The van der Waals surface area contributed by atoms with Crippen molar-refractivity contribution in [3.05, 3.63) is 39.9 Å². The molecule has 2 N–H and O–H groups in total. The van der Waals surface area contributed by atoms with Gasteiger partial charge in [-0.1, -0.05) is 18.6 Å².